The van der Waals surface area contributed by atoms with Gasteiger partial charge in [0.05, 0.1) is 11.5 Å². The molecule has 0 saturated carbocycles. The monoisotopic (exact) mass is 433 g/mol. The minimum atomic E-state index is -0.439. The van der Waals surface area contributed by atoms with Crippen molar-refractivity contribution in [3.8, 4) is 0 Å². The summed E-state index contributed by atoms with van der Waals surface area (Å²) >= 11 is 1.62. The molecule has 0 aliphatic rings. The fraction of sp³-hybridized carbons (Fsp3) is 0.208. The quantitative estimate of drug-likeness (QED) is 0.303. The van der Waals surface area contributed by atoms with Crippen molar-refractivity contribution in [2.45, 2.75) is 26.8 Å². The Balaban J connectivity index is 1.62. The first-order valence-corrected chi connectivity index (χ1v) is 10.9. The predicted molar refractivity (Wildman–Crippen MR) is 124 cm³/mol. The molecule has 0 radical (unpaired) electrons. The molecule has 0 saturated heterocycles. The largest absolute Gasteiger partial charge is 0.361 e. The van der Waals surface area contributed by atoms with Crippen LogP contribution in [0.15, 0.2) is 60.1 Å². The molecular weight excluding hydrogens is 410 g/mol. The average molecular weight is 434 g/mol. The molecule has 158 valence electrons. The van der Waals surface area contributed by atoms with Crippen LogP contribution in [-0.2, 0) is 13.0 Å². The van der Waals surface area contributed by atoms with Crippen molar-refractivity contribution in [1.29, 1.82) is 0 Å². The lowest BCUT2D eigenvalue weighted by Gasteiger charge is -2.23. The lowest BCUT2D eigenvalue weighted by molar-refractivity contribution is -0.385. The first-order chi connectivity index (χ1) is 14.9. The van der Waals surface area contributed by atoms with Crippen molar-refractivity contribution in [2.24, 2.45) is 0 Å². The number of aromatic amines is 1. The van der Waals surface area contributed by atoms with E-state index in [9.17, 15) is 14.9 Å². The fourth-order valence-electron chi connectivity index (χ4n) is 3.71. The van der Waals surface area contributed by atoms with E-state index in [2.05, 4.69) is 11.1 Å². The first-order valence-electron chi connectivity index (χ1n) is 10.1. The molecule has 0 aliphatic heterocycles. The van der Waals surface area contributed by atoms with Gasteiger partial charge in [-0.3, -0.25) is 14.9 Å². The van der Waals surface area contributed by atoms with E-state index in [4.69, 9.17) is 0 Å². The maximum atomic E-state index is 13.4. The van der Waals surface area contributed by atoms with E-state index in [0.717, 1.165) is 26.9 Å². The minimum absolute atomic E-state index is 0.0327. The van der Waals surface area contributed by atoms with Crippen molar-refractivity contribution in [3.63, 3.8) is 0 Å². The summed E-state index contributed by atoms with van der Waals surface area (Å²) in [6, 6.07) is 14.8. The van der Waals surface area contributed by atoms with E-state index in [1.807, 2.05) is 42.8 Å². The van der Waals surface area contributed by atoms with E-state index >= 15 is 0 Å². The molecule has 6 nitrogen and oxygen atoms in total. The van der Waals surface area contributed by atoms with Gasteiger partial charge in [0.1, 0.15) is 0 Å². The third-order valence-electron chi connectivity index (χ3n) is 5.57. The zero-order chi connectivity index (χ0) is 22.0. The van der Waals surface area contributed by atoms with Crippen LogP contribution in [0.4, 0.5) is 5.69 Å². The lowest BCUT2D eigenvalue weighted by atomic mass is 10.1. The number of nitro groups is 1. The molecule has 0 aliphatic carbocycles. The maximum Gasteiger partial charge on any atom is 0.273 e. The van der Waals surface area contributed by atoms with Crippen molar-refractivity contribution < 1.29 is 9.72 Å². The molecule has 1 amide bonds. The second-order valence-corrected chi connectivity index (χ2v) is 8.62. The molecule has 0 unspecified atom stereocenters. The third kappa shape index (κ3) is 4.36. The molecule has 2 aromatic carbocycles. The Morgan fingerprint density at radius 3 is 2.68 bits per heavy atom. The number of hydrogen-bond donors (Lipinski definition) is 1. The van der Waals surface area contributed by atoms with Crippen molar-refractivity contribution in [1.82, 2.24) is 9.88 Å². The Labute approximate surface area is 184 Å². The Morgan fingerprint density at radius 2 is 1.94 bits per heavy atom. The van der Waals surface area contributed by atoms with Gasteiger partial charge < -0.3 is 9.88 Å². The molecular formula is C24H23N3O3S. The van der Waals surface area contributed by atoms with Crippen LogP contribution < -0.4 is 0 Å². The summed E-state index contributed by atoms with van der Waals surface area (Å²) < 4.78 is 0. The summed E-state index contributed by atoms with van der Waals surface area (Å²) in [6.07, 6.45) is 2.68. The lowest BCUT2D eigenvalue weighted by Crippen LogP contribution is -2.32. The summed E-state index contributed by atoms with van der Waals surface area (Å²) in [4.78, 5) is 30.5. The number of nitrogens with zero attached hydrogens (tertiary/aromatic N) is 2. The van der Waals surface area contributed by atoms with Gasteiger partial charge in [-0.25, -0.2) is 0 Å². The number of rotatable bonds is 7. The Bertz CT molecular complexity index is 1260. The molecule has 2 aromatic heterocycles. The van der Waals surface area contributed by atoms with E-state index < -0.39 is 4.92 Å². The summed E-state index contributed by atoms with van der Waals surface area (Å²) in [7, 11) is 0. The second-order valence-electron chi connectivity index (χ2n) is 7.62. The first kappa shape index (κ1) is 20.8. The van der Waals surface area contributed by atoms with Crippen LogP contribution >= 0.6 is 11.3 Å². The number of benzene rings is 2. The van der Waals surface area contributed by atoms with E-state index in [-0.39, 0.29) is 11.6 Å². The van der Waals surface area contributed by atoms with Gasteiger partial charge in [0.25, 0.3) is 11.6 Å². The second kappa shape index (κ2) is 8.73. The molecule has 0 spiro atoms. The van der Waals surface area contributed by atoms with Crippen LogP contribution in [0.25, 0.3) is 10.9 Å². The minimum Gasteiger partial charge on any atom is -0.361 e. The summed E-state index contributed by atoms with van der Waals surface area (Å²) in [5.74, 6) is -0.198. The number of H-pyrrole nitrogens is 1. The van der Waals surface area contributed by atoms with E-state index in [1.54, 1.807) is 35.3 Å². The molecule has 4 rings (SSSR count). The highest BCUT2D eigenvalue weighted by atomic mass is 32.1. The van der Waals surface area contributed by atoms with Crippen LogP contribution in [0.5, 0.6) is 0 Å². The van der Waals surface area contributed by atoms with Crippen LogP contribution in [0.2, 0.25) is 0 Å². The molecule has 31 heavy (non-hydrogen) atoms. The number of thiophene rings is 1. The number of carbonyl (C=O) groups excluding carboxylic acids is 1. The molecule has 7 heteroatoms. The summed E-state index contributed by atoms with van der Waals surface area (Å²) in [5, 5.41) is 14.5. The number of fused-ring (bicyclic) bond motifs is 1. The zero-order valence-corrected chi connectivity index (χ0v) is 18.2. The standard InChI is InChI=1S/C24H23N3O3S/c1-16-7-8-18(13-22(16)27(29)30)24(28)26(15-23-17(2)10-12-31-23)11-9-19-14-25-21-6-4-3-5-20(19)21/h3-8,10,12-14,25H,9,11,15H2,1-2H3. The number of aryl methyl sites for hydroxylation is 2. The maximum absolute atomic E-state index is 13.4. The molecule has 2 heterocycles. The molecule has 0 fully saturated rings. The normalized spacial score (nSPS) is 11.0. The van der Waals surface area contributed by atoms with Crippen LogP contribution in [0.3, 0.4) is 0 Å². The highest BCUT2D eigenvalue weighted by Crippen LogP contribution is 2.24. The molecule has 4 aromatic rings. The van der Waals surface area contributed by atoms with Crippen LogP contribution in [-0.4, -0.2) is 27.3 Å². The Hall–Kier alpha value is -3.45. The summed E-state index contributed by atoms with van der Waals surface area (Å²) in [5.41, 5.74) is 4.20. The number of hydrogen-bond acceptors (Lipinski definition) is 4. The van der Waals surface area contributed by atoms with Gasteiger partial charge in [0.15, 0.2) is 0 Å². The predicted octanol–water partition coefficient (Wildman–Crippen LogP) is 5.64. The van der Waals surface area contributed by atoms with Gasteiger partial charge in [-0.15, -0.1) is 11.3 Å². The van der Waals surface area contributed by atoms with E-state index in [0.29, 0.717) is 30.6 Å². The van der Waals surface area contributed by atoms with Gasteiger partial charge in [-0.1, -0.05) is 24.3 Å². The third-order valence-corrected chi connectivity index (χ3v) is 6.58. The van der Waals surface area contributed by atoms with Crippen molar-refractivity contribution in [2.75, 3.05) is 6.54 Å². The van der Waals surface area contributed by atoms with Crippen molar-refractivity contribution in [3.05, 3.63) is 97.4 Å². The number of aromatic nitrogens is 1. The smallest absolute Gasteiger partial charge is 0.273 e. The average Bonchev–Trinajstić information content (AvgIpc) is 3.36. The fourth-order valence-corrected chi connectivity index (χ4v) is 4.63. The molecule has 0 bridgehead atoms. The van der Waals surface area contributed by atoms with Gasteiger partial charge in [-0.05, 0) is 55.0 Å². The topological polar surface area (TPSA) is 79.2 Å². The number of carbonyl (C=O) groups is 1. The van der Waals surface area contributed by atoms with E-state index in [1.165, 1.54) is 6.07 Å². The van der Waals surface area contributed by atoms with Gasteiger partial charge in [0.2, 0.25) is 0 Å². The zero-order valence-electron chi connectivity index (χ0n) is 17.4. The Morgan fingerprint density at radius 1 is 1.13 bits per heavy atom. The molecule has 1 N–H and O–H groups in total. The van der Waals surface area contributed by atoms with Crippen LogP contribution in [0.1, 0.15) is 31.9 Å². The number of nitro benzene ring substituents is 1. The highest BCUT2D eigenvalue weighted by molar-refractivity contribution is 7.10. The van der Waals surface area contributed by atoms with Gasteiger partial charge in [-0.2, -0.15) is 0 Å². The Kier molecular flexibility index (Phi) is 5.86. The number of para-hydroxylation sites is 1. The van der Waals surface area contributed by atoms with Gasteiger partial charge >= 0.3 is 0 Å². The van der Waals surface area contributed by atoms with Gasteiger partial charge in [0, 0.05) is 45.7 Å². The number of nitrogens with one attached hydrogen (secondary N) is 1. The number of amides is 1. The van der Waals surface area contributed by atoms with Crippen molar-refractivity contribution >= 4 is 33.8 Å². The highest BCUT2D eigenvalue weighted by Gasteiger charge is 2.21. The SMILES string of the molecule is Cc1ccc(C(=O)N(CCc2c[nH]c3ccccc23)Cc2sccc2C)cc1[N+](=O)[O-]. The van der Waals surface area contributed by atoms with Crippen LogP contribution in [0, 0.1) is 24.0 Å². The molecule has 0 atom stereocenters. The summed E-state index contributed by atoms with van der Waals surface area (Å²) in [6.45, 7) is 4.70.